The molecule has 0 aromatic rings. The SMILES string of the molecule is CCCCCCCCCCCCCCC/C=C\C/C=C\CCCCCCCCCCCCCCCCCC(O)CC(=O)NC(CO)C(O)/C=C/CCCCCCCCCCCCCCCCCCCCCCCCC. The molecule has 0 aromatic carbocycles. The van der Waals surface area contributed by atoms with E-state index in [1.165, 1.54) is 321 Å². The first kappa shape index (κ1) is 73.6. The highest BCUT2D eigenvalue weighted by Gasteiger charge is 2.20. The Labute approximate surface area is 470 Å². The standard InChI is InChI=1S/C70H135NO4/c1-3-5-7-9-11-13-15-17-19-21-23-25-27-29-30-31-32-33-34-35-36-37-38-40-41-43-45-47-49-51-53-55-57-59-61-63-67(73)65-70(75)71-68(66-72)69(74)64-62-60-58-56-54-52-50-48-46-44-42-39-28-26-24-22-20-18-16-14-12-10-8-6-4-2/h30-31,33-34,62,64,67-69,72-74H,3-29,32,35-61,63,65-66H2,1-2H3,(H,71,75)/b31-30-,34-33-,64-62+. The molecular weight excluding hydrogens is 919 g/mol. The first-order valence-electron chi connectivity index (χ1n) is 34.3. The first-order chi connectivity index (χ1) is 37.0. The van der Waals surface area contributed by atoms with Crippen LogP contribution in [0.1, 0.15) is 380 Å². The highest BCUT2D eigenvalue weighted by Crippen LogP contribution is 2.19. The van der Waals surface area contributed by atoms with Crippen LogP contribution in [-0.2, 0) is 4.79 Å². The van der Waals surface area contributed by atoms with E-state index in [2.05, 4.69) is 43.5 Å². The van der Waals surface area contributed by atoms with Gasteiger partial charge in [0.2, 0.25) is 5.91 Å². The fourth-order valence-corrected chi connectivity index (χ4v) is 11.0. The Morgan fingerprint density at radius 2 is 0.600 bits per heavy atom. The first-order valence-corrected chi connectivity index (χ1v) is 34.3. The van der Waals surface area contributed by atoms with Crippen molar-refractivity contribution >= 4 is 5.91 Å². The van der Waals surface area contributed by atoms with E-state index in [4.69, 9.17) is 0 Å². The number of unbranched alkanes of at least 4 members (excludes halogenated alkanes) is 51. The van der Waals surface area contributed by atoms with Crippen LogP contribution in [0.25, 0.3) is 0 Å². The Morgan fingerprint density at radius 1 is 0.347 bits per heavy atom. The van der Waals surface area contributed by atoms with Crippen molar-refractivity contribution in [1.29, 1.82) is 0 Å². The Morgan fingerprint density at radius 3 is 0.880 bits per heavy atom. The summed E-state index contributed by atoms with van der Waals surface area (Å²) >= 11 is 0. The van der Waals surface area contributed by atoms with Gasteiger partial charge in [-0.15, -0.1) is 0 Å². The van der Waals surface area contributed by atoms with Crippen LogP contribution in [0, 0.1) is 0 Å². The Kier molecular flexibility index (Phi) is 63.8. The third-order valence-electron chi connectivity index (χ3n) is 16.2. The molecule has 3 atom stereocenters. The van der Waals surface area contributed by atoms with Crippen molar-refractivity contribution < 1.29 is 20.1 Å². The number of carbonyl (C=O) groups is 1. The van der Waals surface area contributed by atoms with Crippen molar-refractivity contribution in [2.24, 2.45) is 0 Å². The highest BCUT2D eigenvalue weighted by molar-refractivity contribution is 5.76. The molecule has 3 unspecified atom stereocenters. The number of aliphatic hydroxyl groups is 3. The fourth-order valence-electron chi connectivity index (χ4n) is 11.0. The van der Waals surface area contributed by atoms with E-state index in [0.29, 0.717) is 6.42 Å². The summed E-state index contributed by atoms with van der Waals surface area (Å²) < 4.78 is 0. The molecule has 0 saturated heterocycles. The van der Waals surface area contributed by atoms with Crippen molar-refractivity contribution in [2.45, 2.75) is 398 Å². The molecule has 0 radical (unpaired) electrons. The lowest BCUT2D eigenvalue weighted by molar-refractivity contribution is -0.124. The lowest BCUT2D eigenvalue weighted by Gasteiger charge is -2.21. The van der Waals surface area contributed by atoms with Crippen molar-refractivity contribution in [3.05, 3.63) is 36.5 Å². The number of hydrogen-bond acceptors (Lipinski definition) is 4. The van der Waals surface area contributed by atoms with Crippen LogP contribution in [0.2, 0.25) is 0 Å². The normalized spacial score (nSPS) is 13.3. The van der Waals surface area contributed by atoms with Crippen molar-refractivity contribution in [3.8, 4) is 0 Å². The third kappa shape index (κ3) is 61.6. The summed E-state index contributed by atoms with van der Waals surface area (Å²) in [6, 6.07) is -0.746. The fraction of sp³-hybridized carbons (Fsp3) is 0.900. The van der Waals surface area contributed by atoms with Crippen molar-refractivity contribution in [1.82, 2.24) is 5.32 Å². The van der Waals surface area contributed by atoms with Crippen molar-refractivity contribution in [3.63, 3.8) is 0 Å². The summed E-state index contributed by atoms with van der Waals surface area (Å²) in [6.07, 6.45) is 86.8. The number of amides is 1. The highest BCUT2D eigenvalue weighted by atomic mass is 16.3. The van der Waals surface area contributed by atoms with Crippen LogP contribution in [-0.4, -0.2) is 46.1 Å². The second-order valence-corrected chi connectivity index (χ2v) is 23.8. The van der Waals surface area contributed by atoms with Crippen LogP contribution in [0.5, 0.6) is 0 Å². The van der Waals surface area contributed by atoms with Gasteiger partial charge in [0.1, 0.15) is 0 Å². The summed E-state index contributed by atoms with van der Waals surface area (Å²) in [6.45, 7) is 4.26. The van der Waals surface area contributed by atoms with Gasteiger partial charge in [0.15, 0.2) is 0 Å². The van der Waals surface area contributed by atoms with E-state index in [1.807, 2.05) is 6.08 Å². The molecule has 0 aliphatic carbocycles. The number of nitrogens with one attached hydrogen (secondary N) is 1. The second kappa shape index (κ2) is 65.1. The minimum atomic E-state index is -0.930. The smallest absolute Gasteiger partial charge is 0.222 e. The summed E-state index contributed by atoms with van der Waals surface area (Å²) in [7, 11) is 0. The molecule has 5 heteroatoms. The van der Waals surface area contributed by atoms with Gasteiger partial charge in [0.25, 0.3) is 0 Å². The summed E-state index contributed by atoms with van der Waals surface area (Å²) in [4.78, 5) is 12.6. The molecular formula is C70H135NO4. The Balaban J connectivity index is 3.50. The summed E-state index contributed by atoms with van der Waals surface area (Å²) in [5.41, 5.74) is 0. The average molecular weight is 1050 g/mol. The van der Waals surface area contributed by atoms with E-state index < -0.39 is 18.2 Å². The summed E-state index contributed by atoms with van der Waals surface area (Å²) in [5.74, 6) is -0.309. The molecule has 0 rings (SSSR count). The van der Waals surface area contributed by atoms with Gasteiger partial charge in [0.05, 0.1) is 31.3 Å². The third-order valence-corrected chi connectivity index (χ3v) is 16.2. The van der Waals surface area contributed by atoms with Gasteiger partial charge in [-0.05, 0) is 51.4 Å². The lowest BCUT2D eigenvalue weighted by Crippen LogP contribution is -2.45. The van der Waals surface area contributed by atoms with Gasteiger partial charge < -0.3 is 20.6 Å². The number of hydrogen-bond donors (Lipinski definition) is 4. The molecule has 0 aliphatic heterocycles. The van der Waals surface area contributed by atoms with Crippen LogP contribution in [0.4, 0.5) is 0 Å². The Hall–Kier alpha value is -1.43. The number of aliphatic hydroxyl groups excluding tert-OH is 3. The van der Waals surface area contributed by atoms with Gasteiger partial charge in [0, 0.05) is 0 Å². The minimum Gasteiger partial charge on any atom is -0.394 e. The molecule has 5 nitrogen and oxygen atoms in total. The molecule has 0 saturated carbocycles. The zero-order valence-electron chi connectivity index (χ0n) is 51.0. The second-order valence-electron chi connectivity index (χ2n) is 23.8. The zero-order valence-corrected chi connectivity index (χ0v) is 51.0. The lowest BCUT2D eigenvalue weighted by atomic mass is 10.0. The van der Waals surface area contributed by atoms with Crippen molar-refractivity contribution in [2.75, 3.05) is 6.61 Å². The average Bonchev–Trinajstić information content (AvgIpc) is 3.41. The molecule has 0 aromatic heterocycles. The number of allylic oxidation sites excluding steroid dienone is 5. The maximum atomic E-state index is 12.6. The molecule has 75 heavy (non-hydrogen) atoms. The van der Waals surface area contributed by atoms with E-state index in [1.54, 1.807) is 6.08 Å². The van der Waals surface area contributed by atoms with Gasteiger partial charge in [-0.1, -0.05) is 359 Å². The van der Waals surface area contributed by atoms with Gasteiger partial charge >= 0.3 is 0 Å². The van der Waals surface area contributed by atoms with E-state index in [0.717, 1.165) is 32.1 Å². The van der Waals surface area contributed by atoms with E-state index in [9.17, 15) is 20.1 Å². The van der Waals surface area contributed by atoms with Gasteiger partial charge in [-0.2, -0.15) is 0 Å². The molecule has 4 N–H and O–H groups in total. The number of carbonyl (C=O) groups excluding carboxylic acids is 1. The molecule has 0 heterocycles. The van der Waals surface area contributed by atoms with Crippen LogP contribution >= 0.6 is 0 Å². The number of rotatable bonds is 64. The van der Waals surface area contributed by atoms with Gasteiger partial charge in [-0.3, -0.25) is 4.79 Å². The zero-order chi connectivity index (χ0) is 54.3. The van der Waals surface area contributed by atoms with Crippen LogP contribution in [0.15, 0.2) is 36.5 Å². The molecule has 0 fully saturated rings. The van der Waals surface area contributed by atoms with E-state index in [-0.39, 0.29) is 18.9 Å². The van der Waals surface area contributed by atoms with Gasteiger partial charge in [-0.25, -0.2) is 0 Å². The minimum absolute atomic E-state index is 0.0158. The van der Waals surface area contributed by atoms with Crippen LogP contribution < -0.4 is 5.32 Å². The molecule has 0 bridgehead atoms. The predicted octanol–water partition coefficient (Wildman–Crippen LogP) is 22.1. The molecule has 1 amide bonds. The monoisotopic (exact) mass is 1050 g/mol. The topological polar surface area (TPSA) is 89.8 Å². The quantitative estimate of drug-likeness (QED) is 0.0361. The molecule has 0 spiro atoms. The maximum Gasteiger partial charge on any atom is 0.222 e. The van der Waals surface area contributed by atoms with E-state index >= 15 is 0 Å². The molecule has 444 valence electrons. The van der Waals surface area contributed by atoms with Crippen LogP contribution in [0.3, 0.4) is 0 Å². The maximum absolute atomic E-state index is 12.6. The Bertz CT molecular complexity index is 1170. The predicted molar refractivity (Wildman–Crippen MR) is 333 cm³/mol. The summed E-state index contributed by atoms with van der Waals surface area (Å²) in [5, 5.41) is 33.6. The molecule has 0 aliphatic rings. The largest absolute Gasteiger partial charge is 0.394 e.